The fraction of sp³-hybridized carbons (Fsp3) is 0.143. The first-order chi connectivity index (χ1) is 16.1. The van der Waals surface area contributed by atoms with Gasteiger partial charge in [-0.1, -0.05) is 82.2 Å². The molecule has 2 heterocycles. The largest absolute Gasteiger partial charge is 0.461 e. The van der Waals surface area contributed by atoms with Crippen LogP contribution < -0.4 is 4.74 Å². The second-order valence-corrected chi connectivity index (χ2v) is 9.51. The highest BCUT2D eigenvalue weighted by atomic mass is 79.9. The van der Waals surface area contributed by atoms with Gasteiger partial charge in [-0.2, -0.15) is 5.10 Å². The Morgan fingerprint density at radius 2 is 1.76 bits per heavy atom. The predicted octanol–water partition coefficient (Wildman–Crippen LogP) is 6.66. The minimum Gasteiger partial charge on any atom is -0.461 e. The number of ether oxygens (including phenoxy) is 1. The van der Waals surface area contributed by atoms with Crippen molar-refractivity contribution in [3.8, 4) is 5.75 Å². The van der Waals surface area contributed by atoms with Gasteiger partial charge in [0.15, 0.2) is 0 Å². The van der Waals surface area contributed by atoms with Crippen LogP contribution in [0.5, 0.6) is 5.75 Å². The molecule has 4 nitrogen and oxygen atoms in total. The minimum atomic E-state index is -0.802. The van der Waals surface area contributed by atoms with Crippen LogP contribution in [0.15, 0.2) is 94.5 Å². The van der Waals surface area contributed by atoms with Gasteiger partial charge in [0.05, 0.1) is 11.8 Å². The molecule has 0 aromatic heterocycles. The van der Waals surface area contributed by atoms with Crippen molar-refractivity contribution in [1.29, 1.82) is 0 Å². The van der Waals surface area contributed by atoms with E-state index < -0.39 is 6.23 Å². The smallest absolute Gasteiger partial charge is 0.251 e. The number of halogens is 1. The molecular weight excluding hydrogens is 476 g/mol. The van der Waals surface area contributed by atoms with E-state index in [-0.39, 0.29) is 11.8 Å². The second-order valence-electron chi connectivity index (χ2n) is 8.59. The van der Waals surface area contributed by atoms with Gasteiger partial charge in [-0.25, -0.2) is 5.01 Å². The first-order valence-corrected chi connectivity index (χ1v) is 11.8. The second kappa shape index (κ2) is 7.85. The summed E-state index contributed by atoms with van der Waals surface area (Å²) in [6.45, 7) is 2.01. The lowest BCUT2D eigenvalue weighted by Gasteiger charge is -2.37. The molecular formula is C28H21BrN2O2. The molecule has 2 aliphatic heterocycles. The first kappa shape index (κ1) is 20.2. The van der Waals surface area contributed by atoms with Crippen molar-refractivity contribution in [2.75, 3.05) is 0 Å². The molecule has 4 aromatic carbocycles. The highest BCUT2D eigenvalue weighted by Gasteiger charge is 2.43. The summed E-state index contributed by atoms with van der Waals surface area (Å²) >= 11 is 3.58. The van der Waals surface area contributed by atoms with E-state index in [2.05, 4.69) is 52.3 Å². The maximum absolute atomic E-state index is 13.5. The van der Waals surface area contributed by atoms with E-state index in [1.54, 1.807) is 0 Å². The molecule has 162 valence electrons. The number of fused-ring (bicyclic) bond motifs is 4. The topological polar surface area (TPSA) is 41.9 Å². The Kier molecular flexibility index (Phi) is 4.80. The predicted molar refractivity (Wildman–Crippen MR) is 134 cm³/mol. The zero-order valence-corrected chi connectivity index (χ0v) is 19.6. The lowest BCUT2D eigenvalue weighted by atomic mass is 9.95. The number of Topliss-reactive ketones (excluding diaryl/α,β-unsaturated/α-hetero) is 1. The lowest BCUT2D eigenvalue weighted by Crippen LogP contribution is -2.45. The molecule has 0 bridgehead atoms. The van der Waals surface area contributed by atoms with Gasteiger partial charge in [0.25, 0.3) is 6.23 Å². The third-order valence-electron chi connectivity index (χ3n) is 6.39. The molecule has 0 saturated carbocycles. The van der Waals surface area contributed by atoms with E-state index in [1.165, 1.54) is 10.8 Å². The van der Waals surface area contributed by atoms with E-state index in [1.807, 2.05) is 60.5 Å². The summed E-state index contributed by atoms with van der Waals surface area (Å²) in [6.07, 6.45) is -0.0904. The summed E-state index contributed by atoms with van der Waals surface area (Å²) in [7, 11) is 0. The molecule has 6 rings (SSSR count). The number of nitrogens with zero attached hydrogens (tertiary/aromatic N) is 2. The molecule has 0 radical (unpaired) electrons. The number of aryl methyl sites for hydroxylation is 1. The normalized spacial score (nSPS) is 19.0. The average Bonchev–Trinajstić information content (AvgIpc) is 3.29. The Labute approximate surface area is 200 Å². The third-order valence-corrected chi connectivity index (χ3v) is 6.89. The van der Waals surface area contributed by atoms with Crippen LogP contribution in [0.2, 0.25) is 0 Å². The van der Waals surface area contributed by atoms with Crippen LogP contribution in [0.25, 0.3) is 10.8 Å². The zero-order valence-electron chi connectivity index (χ0n) is 18.0. The Bertz CT molecular complexity index is 1430. The molecule has 2 atom stereocenters. The van der Waals surface area contributed by atoms with Crippen molar-refractivity contribution in [2.45, 2.75) is 25.6 Å². The Morgan fingerprint density at radius 3 is 2.58 bits per heavy atom. The van der Waals surface area contributed by atoms with Crippen molar-refractivity contribution in [2.24, 2.45) is 5.10 Å². The van der Waals surface area contributed by atoms with Crippen LogP contribution >= 0.6 is 15.9 Å². The fourth-order valence-corrected chi connectivity index (χ4v) is 5.01. The maximum Gasteiger partial charge on any atom is 0.251 e. The highest BCUT2D eigenvalue weighted by Crippen LogP contribution is 2.44. The summed E-state index contributed by atoms with van der Waals surface area (Å²) in [6, 6.07) is 28.2. The molecule has 2 aliphatic rings. The van der Waals surface area contributed by atoms with E-state index in [4.69, 9.17) is 9.84 Å². The molecule has 0 amide bonds. The number of carbonyl (C=O) groups is 1. The van der Waals surface area contributed by atoms with E-state index in [9.17, 15) is 4.79 Å². The van der Waals surface area contributed by atoms with Crippen molar-refractivity contribution < 1.29 is 9.53 Å². The number of hydrogen-bond acceptors (Lipinski definition) is 4. The average molecular weight is 497 g/mol. The molecule has 0 N–H and O–H groups in total. The van der Waals surface area contributed by atoms with Gasteiger partial charge in [0.2, 0.25) is 5.78 Å². The number of rotatable bonds is 3. The first-order valence-electron chi connectivity index (χ1n) is 11.0. The number of hydrogen-bond donors (Lipinski definition) is 0. The molecule has 0 fully saturated rings. The molecule has 4 aromatic rings. The van der Waals surface area contributed by atoms with Gasteiger partial charge >= 0.3 is 0 Å². The van der Waals surface area contributed by atoms with Crippen molar-refractivity contribution in [1.82, 2.24) is 5.01 Å². The number of ketones is 1. The third kappa shape index (κ3) is 3.53. The Hall–Kier alpha value is -3.44. The van der Waals surface area contributed by atoms with Crippen LogP contribution in [0.4, 0.5) is 0 Å². The zero-order chi connectivity index (χ0) is 22.5. The van der Waals surface area contributed by atoms with Crippen LogP contribution in [-0.2, 0) is 0 Å². The Morgan fingerprint density at radius 1 is 0.970 bits per heavy atom. The standard InChI is InChI=1S/C28H21BrN2O2/c1-17-6-8-19(9-7-17)27(32)28-31-25(23-15-22(29)12-13-26(23)33-28)16-24(30-31)21-11-10-18-4-2-3-5-20(18)14-21/h2-15,25,28H,16H2,1H3/t25-,28+/m0/s1. The van der Waals surface area contributed by atoms with Crippen LogP contribution in [0, 0.1) is 6.92 Å². The monoisotopic (exact) mass is 496 g/mol. The van der Waals surface area contributed by atoms with E-state index in [0.29, 0.717) is 12.0 Å². The van der Waals surface area contributed by atoms with Gasteiger partial charge in [-0.05, 0) is 47.5 Å². The summed E-state index contributed by atoms with van der Waals surface area (Å²) < 4.78 is 7.23. The maximum atomic E-state index is 13.5. The van der Waals surface area contributed by atoms with Gasteiger partial charge < -0.3 is 4.74 Å². The number of carbonyl (C=O) groups excluding carboxylic acids is 1. The number of benzene rings is 4. The quantitative estimate of drug-likeness (QED) is 0.297. The summed E-state index contributed by atoms with van der Waals surface area (Å²) in [5.41, 5.74) is 4.81. The van der Waals surface area contributed by atoms with Gasteiger partial charge in [-0.15, -0.1) is 0 Å². The molecule has 0 unspecified atom stereocenters. The molecule has 0 spiro atoms. The number of hydrazone groups is 1. The van der Waals surface area contributed by atoms with Crippen molar-refractivity contribution in [3.05, 3.63) is 112 Å². The summed E-state index contributed by atoms with van der Waals surface area (Å²) in [5, 5.41) is 9.17. The Balaban J connectivity index is 1.43. The molecule has 0 saturated heterocycles. The van der Waals surface area contributed by atoms with Crippen LogP contribution in [0.3, 0.4) is 0 Å². The molecule has 0 aliphatic carbocycles. The highest BCUT2D eigenvalue weighted by molar-refractivity contribution is 9.10. The SMILES string of the molecule is Cc1ccc(C(=O)[C@H]2Oc3ccc(Br)cc3[C@@H]3CC(c4ccc5ccccc5c4)=NN23)cc1. The van der Waals surface area contributed by atoms with E-state index >= 15 is 0 Å². The van der Waals surface area contributed by atoms with Crippen LogP contribution in [-0.4, -0.2) is 22.7 Å². The van der Waals surface area contributed by atoms with Gasteiger partial charge in [-0.3, -0.25) is 4.79 Å². The van der Waals surface area contributed by atoms with E-state index in [0.717, 1.165) is 32.6 Å². The van der Waals surface area contributed by atoms with Crippen molar-refractivity contribution >= 4 is 38.2 Å². The fourth-order valence-electron chi connectivity index (χ4n) is 4.63. The van der Waals surface area contributed by atoms with Gasteiger partial charge in [0, 0.05) is 22.0 Å². The molecule has 33 heavy (non-hydrogen) atoms. The minimum absolute atomic E-state index is 0.0629. The summed E-state index contributed by atoms with van der Waals surface area (Å²) in [4.78, 5) is 13.5. The lowest BCUT2D eigenvalue weighted by molar-refractivity contribution is -0.00459. The van der Waals surface area contributed by atoms with Crippen molar-refractivity contribution in [3.63, 3.8) is 0 Å². The molecule has 5 heteroatoms. The van der Waals surface area contributed by atoms with Gasteiger partial charge in [0.1, 0.15) is 5.75 Å². The van der Waals surface area contributed by atoms with Crippen LogP contribution in [0.1, 0.15) is 39.5 Å². The summed E-state index contributed by atoms with van der Waals surface area (Å²) in [5.74, 6) is 0.650.